The van der Waals surface area contributed by atoms with Gasteiger partial charge < -0.3 is 9.64 Å². The lowest BCUT2D eigenvalue weighted by Crippen LogP contribution is -2.35. The molecule has 1 aliphatic carbocycles. The Bertz CT molecular complexity index is 927. The molecule has 2 atom stereocenters. The molecule has 2 aliphatic rings. The molecule has 156 valence electrons. The zero-order valence-electron chi connectivity index (χ0n) is 16.5. The van der Waals surface area contributed by atoms with Crippen molar-refractivity contribution in [2.75, 3.05) is 30.9 Å². The Morgan fingerprint density at radius 1 is 1.14 bits per heavy atom. The van der Waals surface area contributed by atoms with Crippen molar-refractivity contribution in [1.29, 1.82) is 0 Å². The van der Waals surface area contributed by atoms with Crippen molar-refractivity contribution in [3.63, 3.8) is 0 Å². The first-order chi connectivity index (χ1) is 13.9. The van der Waals surface area contributed by atoms with Crippen molar-refractivity contribution in [2.24, 2.45) is 17.8 Å². The topological polar surface area (TPSA) is 72.4 Å². The molecule has 1 saturated carbocycles. The number of hydrogen-bond acceptors (Lipinski definition) is 6. The summed E-state index contributed by atoms with van der Waals surface area (Å²) in [6, 6.07) is 6.66. The van der Waals surface area contributed by atoms with E-state index in [1.807, 2.05) is 0 Å². The van der Waals surface area contributed by atoms with Gasteiger partial charge in [-0.3, -0.25) is 0 Å². The highest BCUT2D eigenvalue weighted by atomic mass is 35.5. The molecule has 8 heteroatoms. The summed E-state index contributed by atoms with van der Waals surface area (Å²) < 4.78 is 28.8. The second-order valence-corrected chi connectivity index (χ2v) is 10.5. The molecule has 0 bridgehead atoms. The number of ether oxygens (including phenoxy) is 1. The van der Waals surface area contributed by atoms with Gasteiger partial charge in [-0.2, -0.15) is 0 Å². The molecule has 1 aromatic carbocycles. The second kappa shape index (κ2) is 8.48. The maximum atomic E-state index is 11.5. The predicted octanol–water partition coefficient (Wildman–Crippen LogP) is 3.86. The van der Waals surface area contributed by atoms with Gasteiger partial charge in [0.25, 0.3) is 0 Å². The van der Waals surface area contributed by atoms with Crippen molar-refractivity contribution in [1.82, 2.24) is 9.97 Å². The van der Waals surface area contributed by atoms with Crippen LogP contribution in [0, 0.1) is 17.8 Å². The highest BCUT2D eigenvalue weighted by Gasteiger charge is 2.43. The van der Waals surface area contributed by atoms with E-state index in [1.54, 1.807) is 36.7 Å². The number of anilines is 1. The first-order valence-corrected chi connectivity index (χ1v) is 12.3. The molecular formula is C21H26ClN3O3S. The van der Waals surface area contributed by atoms with E-state index in [0.717, 1.165) is 49.0 Å². The molecule has 0 unspecified atom stereocenters. The molecule has 1 saturated heterocycles. The van der Waals surface area contributed by atoms with Gasteiger partial charge in [0.1, 0.15) is 5.75 Å². The third kappa shape index (κ3) is 5.20. The first-order valence-electron chi connectivity index (χ1n) is 10.1. The second-order valence-electron chi connectivity index (χ2n) is 8.07. The van der Waals surface area contributed by atoms with Crippen molar-refractivity contribution in [2.45, 2.75) is 30.6 Å². The Morgan fingerprint density at radius 2 is 1.79 bits per heavy atom. The SMILES string of the molecule is CS(=O)(=O)c1ccc(OCC[C@@H]2C[C@@H]2C2CCN(c3ncc(Cl)cn3)CC2)cc1. The lowest BCUT2D eigenvalue weighted by molar-refractivity contribution is 0.284. The van der Waals surface area contributed by atoms with Crippen LogP contribution in [-0.4, -0.2) is 44.3 Å². The van der Waals surface area contributed by atoms with Crippen LogP contribution in [0.15, 0.2) is 41.6 Å². The summed E-state index contributed by atoms with van der Waals surface area (Å²) in [5, 5.41) is 0.568. The molecule has 2 fully saturated rings. The van der Waals surface area contributed by atoms with Gasteiger partial charge in [0.05, 0.1) is 28.9 Å². The molecule has 0 spiro atoms. The van der Waals surface area contributed by atoms with E-state index in [0.29, 0.717) is 16.5 Å². The number of rotatable bonds is 7. The Morgan fingerprint density at radius 3 is 2.41 bits per heavy atom. The third-order valence-electron chi connectivity index (χ3n) is 6.02. The summed E-state index contributed by atoms with van der Waals surface area (Å²) in [5.41, 5.74) is 0. The fourth-order valence-corrected chi connectivity index (χ4v) is 5.02. The minimum absolute atomic E-state index is 0.322. The highest BCUT2D eigenvalue weighted by Crippen LogP contribution is 2.49. The molecule has 29 heavy (non-hydrogen) atoms. The van der Waals surface area contributed by atoms with Gasteiger partial charge in [-0.05, 0) is 67.7 Å². The predicted molar refractivity (Wildman–Crippen MR) is 113 cm³/mol. The summed E-state index contributed by atoms with van der Waals surface area (Å²) in [6.45, 7) is 2.67. The van der Waals surface area contributed by atoms with E-state index in [9.17, 15) is 8.42 Å². The number of hydrogen-bond donors (Lipinski definition) is 0. The van der Waals surface area contributed by atoms with Gasteiger partial charge in [0, 0.05) is 19.3 Å². The summed E-state index contributed by atoms with van der Waals surface area (Å²) in [6.07, 6.45) is 9.23. The molecule has 6 nitrogen and oxygen atoms in total. The fraction of sp³-hybridized carbons (Fsp3) is 0.524. The van der Waals surface area contributed by atoms with Crippen LogP contribution in [0.25, 0.3) is 0 Å². The van der Waals surface area contributed by atoms with Crippen molar-refractivity contribution >= 4 is 27.4 Å². The number of sulfone groups is 1. The Hall–Kier alpha value is -1.86. The van der Waals surface area contributed by atoms with E-state index in [4.69, 9.17) is 16.3 Å². The van der Waals surface area contributed by atoms with Gasteiger partial charge in [-0.1, -0.05) is 11.6 Å². The summed E-state index contributed by atoms with van der Waals surface area (Å²) in [7, 11) is -3.16. The number of nitrogens with zero attached hydrogens (tertiary/aromatic N) is 3. The summed E-state index contributed by atoms with van der Waals surface area (Å²) >= 11 is 5.87. The number of piperidine rings is 1. The standard InChI is InChI=1S/C21H26ClN3O3S/c1-29(26,27)19-4-2-18(3-5-19)28-11-8-16-12-20(16)15-6-9-25(10-7-15)21-23-13-17(22)14-24-21/h2-5,13-16,20H,6-12H2,1H3/t16-,20-/m1/s1. The van der Waals surface area contributed by atoms with Crippen molar-refractivity contribution in [3.05, 3.63) is 41.7 Å². The maximum absolute atomic E-state index is 11.5. The lowest BCUT2D eigenvalue weighted by Gasteiger charge is -2.32. The zero-order chi connectivity index (χ0) is 20.4. The first kappa shape index (κ1) is 20.4. The molecule has 2 heterocycles. The van der Waals surface area contributed by atoms with Crippen LogP contribution in [-0.2, 0) is 9.84 Å². The average molecular weight is 436 g/mol. The minimum Gasteiger partial charge on any atom is -0.494 e. The lowest BCUT2D eigenvalue weighted by atomic mass is 9.90. The number of benzene rings is 1. The fourth-order valence-electron chi connectivity index (χ4n) is 4.29. The van der Waals surface area contributed by atoms with Gasteiger partial charge >= 0.3 is 0 Å². The van der Waals surface area contributed by atoms with Crippen LogP contribution < -0.4 is 9.64 Å². The van der Waals surface area contributed by atoms with Crippen LogP contribution in [0.5, 0.6) is 5.75 Å². The largest absolute Gasteiger partial charge is 0.494 e. The van der Waals surface area contributed by atoms with E-state index >= 15 is 0 Å². The molecule has 0 radical (unpaired) electrons. The molecule has 1 aromatic heterocycles. The minimum atomic E-state index is -3.16. The quantitative estimate of drug-likeness (QED) is 0.657. The van der Waals surface area contributed by atoms with Crippen molar-refractivity contribution in [3.8, 4) is 5.75 Å². The van der Waals surface area contributed by atoms with Crippen LogP contribution in [0.4, 0.5) is 5.95 Å². The van der Waals surface area contributed by atoms with Crippen LogP contribution in [0.1, 0.15) is 25.7 Å². The zero-order valence-corrected chi connectivity index (χ0v) is 18.1. The molecule has 1 aliphatic heterocycles. The van der Waals surface area contributed by atoms with Crippen LogP contribution in [0.3, 0.4) is 0 Å². The van der Waals surface area contributed by atoms with Gasteiger partial charge in [-0.25, -0.2) is 18.4 Å². The Balaban J connectivity index is 1.18. The smallest absolute Gasteiger partial charge is 0.225 e. The van der Waals surface area contributed by atoms with E-state index in [1.165, 1.54) is 25.5 Å². The Labute approximate surface area is 177 Å². The average Bonchev–Trinajstić information content (AvgIpc) is 3.48. The molecule has 2 aromatic rings. The van der Waals surface area contributed by atoms with Crippen LogP contribution in [0.2, 0.25) is 5.02 Å². The molecular weight excluding hydrogens is 410 g/mol. The third-order valence-corrected chi connectivity index (χ3v) is 7.34. The normalized spacial score (nSPS) is 22.5. The molecule has 0 amide bonds. The van der Waals surface area contributed by atoms with E-state index in [2.05, 4.69) is 14.9 Å². The Kier molecular flexibility index (Phi) is 5.97. The highest BCUT2D eigenvalue weighted by molar-refractivity contribution is 7.90. The molecule has 0 N–H and O–H groups in total. The molecule has 4 rings (SSSR count). The summed E-state index contributed by atoms with van der Waals surface area (Å²) in [5.74, 6) is 3.83. The summed E-state index contributed by atoms with van der Waals surface area (Å²) in [4.78, 5) is 11.2. The number of halogens is 1. The maximum Gasteiger partial charge on any atom is 0.225 e. The number of aromatic nitrogens is 2. The van der Waals surface area contributed by atoms with Gasteiger partial charge in [-0.15, -0.1) is 0 Å². The van der Waals surface area contributed by atoms with E-state index in [-0.39, 0.29) is 0 Å². The monoisotopic (exact) mass is 435 g/mol. The van der Waals surface area contributed by atoms with Gasteiger partial charge in [0.15, 0.2) is 9.84 Å². The van der Waals surface area contributed by atoms with Crippen LogP contribution >= 0.6 is 11.6 Å². The van der Waals surface area contributed by atoms with E-state index < -0.39 is 9.84 Å². The van der Waals surface area contributed by atoms with Crippen molar-refractivity contribution < 1.29 is 13.2 Å². The van der Waals surface area contributed by atoms with Gasteiger partial charge in [0.2, 0.25) is 5.95 Å².